The Morgan fingerprint density at radius 3 is 2.65 bits per heavy atom. The molecule has 3 nitrogen and oxygen atoms in total. The van der Waals surface area contributed by atoms with Gasteiger partial charge in [0, 0.05) is 6.07 Å². The first-order chi connectivity index (χ1) is 8.19. The average molecular weight is 298 g/mol. The molecule has 0 radical (unpaired) electrons. The Hall–Kier alpha value is -1.62. The molecule has 0 saturated heterocycles. The Morgan fingerprint density at radius 2 is 2.06 bits per heavy atom. The van der Waals surface area contributed by atoms with Crippen LogP contribution in [0.4, 0.5) is 4.39 Å². The molecular formula is C12H9BrFNO2. The van der Waals surface area contributed by atoms with Crippen LogP contribution in [0.1, 0.15) is 0 Å². The van der Waals surface area contributed by atoms with Crippen LogP contribution in [0.2, 0.25) is 0 Å². The van der Waals surface area contributed by atoms with E-state index in [9.17, 15) is 4.39 Å². The molecule has 0 unspecified atom stereocenters. The molecule has 1 heterocycles. The van der Waals surface area contributed by atoms with Crippen molar-refractivity contribution in [2.45, 2.75) is 0 Å². The summed E-state index contributed by atoms with van der Waals surface area (Å²) in [5.74, 6) is 1.24. The molecule has 0 aliphatic carbocycles. The van der Waals surface area contributed by atoms with Gasteiger partial charge in [-0.15, -0.1) is 0 Å². The Balaban J connectivity index is 2.21. The minimum absolute atomic E-state index is 0.331. The maximum Gasteiger partial charge on any atom is 0.219 e. The van der Waals surface area contributed by atoms with Crippen LogP contribution in [0.5, 0.6) is 17.4 Å². The van der Waals surface area contributed by atoms with Gasteiger partial charge in [-0.25, -0.2) is 9.37 Å². The third-order valence-corrected chi connectivity index (χ3v) is 2.67. The zero-order valence-corrected chi connectivity index (χ0v) is 10.6. The van der Waals surface area contributed by atoms with Crippen molar-refractivity contribution < 1.29 is 13.9 Å². The van der Waals surface area contributed by atoms with E-state index >= 15 is 0 Å². The number of pyridine rings is 1. The van der Waals surface area contributed by atoms with Gasteiger partial charge in [0.05, 0.1) is 17.8 Å². The van der Waals surface area contributed by atoms with Crippen molar-refractivity contribution in [3.8, 4) is 17.4 Å². The van der Waals surface area contributed by atoms with Crippen molar-refractivity contribution in [3.05, 3.63) is 46.8 Å². The van der Waals surface area contributed by atoms with E-state index in [1.807, 2.05) is 0 Å². The molecular weight excluding hydrogens is 289 g/mol. The van der Waals surface area contributed by atoms with Crippen LogP contribution in [-0.4, -0.2) is 12.1 Å². The summed E-state index contributed by atoms with van der Waals surface area (Å²) >= 11 is 3.35. The normalized spacial score (nSPS) is 10.1. The van der Waals surface area contributed by atoms with E-state index in [0.717, 1.165) is 16.4 Å². The highest BCUT2D eigenvalue weighted by Gasteiger charge is 2.05. The van der Waals surface area contributed by atoms with Crippen molar-refractivity contribution >= 4 is 15.9 Å². The van der Waals surface area contributed by atoms with Gasteiger partial charge in [-0.2, -0.15) is 0 Å². The Kier molecular flexibility index (Phi) is 3.58. The SMILES string of the molecule is COc1ccc(Oc2ccc(F)cn2)c(Br)c1. The number of ether oxygens (including phenoxy) is 2. The first-order valence-electron chi connectivity index (χ1n) is 4.82. The van der Waals surface area contributed by atoms with Crippen LogP contribution in [0.15, 0.2) is 41.0 Å². The smallest absolute Gasteiger partial charge is 0.219 e. The topological polar surface area (TPSA) is 31.4 Å². The lowest BCUT2D eigenvalue weighted by atomic mass is 10.3. The molecule has 88 valence electrons. The maximum absolute atomic E-state index is 12.7. The van der Waals surface area contributed by atoms with E-state index in [4.69, 9.17) is 9.47 Å². The number of hydrogen-bond acceptors (Lipinski definition) is 3. The summed E-state index contributed by atoms with van der Waals surface area (Å²) in [4.78, 5) is 3.81. The van der Waals surface area contributed by atoms with Gasteiger partial charge >= 0.3 is 0 Å². The molecule has 0 aliphatic heterocycles. The second-order valence-corrected chi connectivity index (χ2v) is 4.07. The summed E-state index contributed by atoms with van der Waals surface area (Å²) in [7, 11) is 1.59. The fourth-order valence-electron chi connectivity index (χ4n) is 1.23. The van der Waals surface area contributed by atoms with Gasteiger partial charge in [-0.3, -0.25) is 0 Å². The molecule has 1 aromatic carbocycles. The van der Waals surface area contributed by atoms with E-state index in [2.05, 4.69) is 20.9 Å². The van der Waals surface area contributed by atoms with Gasteiger partial charge in [0.25, 0.3) is 0 Å². The number of hydrogen-bond donors (Lipinski definition) is 0. The summed E-state index contributed by atoms with van der Waals surface area (Å²) in [6, 6.07) is 8.04. The molecule has 0 aliphatic rings. The van der Waals surface area contributed by atoms with E-state index in [1.54, 1.807) is 25.3 Å². The fourth-order valence-corrected chi connectivity index (χ4v) is 1.67. The lowest BCUT2D eigenvalue weighted by Crippen LogP contribution is -1.90. The molecule has 2 aromatic rings. The zero-order valence-electron chi connectivity index (χ0n) is 8.98. The molecule has 0 bridgehead atoms. The quantitative estimate of drug-likeness (QED) is 0.864. The van der Waals surface area contributed by atoms with Crippen LogP contribution in [-0.2, 0) is 0 Å². The number of benzene rings is 1. The Labute approximate surface area is 106 Å². The van der Waals surface area contributed by atoms with Crippen LogP contribution in [0, 0.1) is 5.82 Å². The van der Waals surface area contributed by atoms with E-state index < -0.39 is 5.82 Å². The molecule has 0 fully saturated rings. The molecule has 0 saturated carbocycles. The van der Waals surface area contributed by atoms with Gasteiger partial charge in [-0.1, -0.05) is 0 Å². The second-order valence-electron chi connectivity index (χ2n) is 3.21. The largest absolute Gasteiger partial charge is 0.497 e. The highest BCUT2D eigenvalue weighted by atomic mass is 79.9. The van der Waals surface area contributed by atoms with Crippen molar-refractivity contribution in [1.82, 2.24) is 4.98 Å². The predicted octanol–water partition coefficient (Wildman–Crippen LogP) is 3.78. The fraction of sp³-hybridized carbons (Fsp3) is 0.0833. The molecule has 2 rings (SSSR count). The van der Waals surface area contributed by atoms with Crippen LogP contribution in [0.25, 0.3) is 0 Å². The Morgan fingerprint density at radius 1 is 1.24 bits per heavy atom. The number of aromatic nitrogens is 1. The first-order valence-corrected chi connectivity index (χ1v) is 5.61. The minimum Gasteiger partial charge on any atom is -0.497 e. The van der Waals surface area contributed by atoms with Crippen LogP contribution >= 0.6 is 15.9 Å². The van der Waals surface area contributed by atoms with E-state index in [-0.39, 0.29) is 0 Å². The molecule has 0 spiro atoms. The minimum atomic E-state index is -0.397. The molecule has 17 heavy (non-hydrogen) atoms. The second kappa shape index (κ2) is 5.14. The predicted molar refractivity (Wildman–Crippen MR) is 65.0 cm³/mol. The monoisotopic (exact) mass is 297 g/mol. The van der Waals surface area contributed by atoms with Gasteiger partial charge in [0.2, 0.25) is 5.88 Å². The summed E-state index contributed by atoms with van der Waals surface area (Å²) in [5, 5.41) is 0. The number of methoxy groups -OCH3 is 1. The average Bonchev–Trinajstić information content (AvgIpc) is 2.34. The van der Waals surface area contributed by atoms with Crippen molar-refractivity contribution in [3.63, 3.8) is 0 Å². The third-order valence-electron chi connectivity index (χ3n) is 2.05. The number of nitrogens with zero attached hydrogens (tertiary/aromatic N) is 1. The van der Waals surface area contributed by atoms with Crippen molar-refractivity contribution in [1.29, 1.82) is 0 Å². The molecule has 1 aromatic heterocycles. The lowest BCUT2D eigenvalue weighted by molar-refractivity contribution is 0.411. The third kappa shape index (κ3) is 2.94. The highest BCUT2D eigenvalue weighted by molar-refractivity contribution is 9.10. The molecule has 0 N–H and O–H groups in total. The summed E-state index contributed by atoms with van der Waals surface area (Å²) in [5.41, 5.74) is 0. The first kappa shape index (κ1) is 11.9. The summed E-state index contributed by atoms with van der Waals surface area (Å²) in [6.07, 6.45) is 1.10. The van der Waals surface area contributed by atoms with Gasteiger partial charge in [-0.05, 0) is 40.2 Å². The van der Waals surface area contributed by atoms with Crippen LogP contribution in [0.3, 0.4) is 0 Å². The van der Waals surface area contributed by atoms with E-state index in [0.29, 0.717) is 11.6 Å². The summed E-state index contributed by atoms with van der Waals surface area (Å²) in [6.45, 7) is 0. The maximum atomic E-state index is 12.7. The summed E-state index contributed by atoms with van der Waals surface area (Å²) < 4.78 is 23.9. The van der Waals surface area contributed by atoms with Gasteiger partial charge < -0.3 is 9.47 Å². The van der Waals surface area contributed by atoms with Crippen molar-refractivity contribution in [2.75, 3.05) is 7.11 Å². The van der Waals surface area contributed by atoms with Gasteiger partial charge in [0.15, 0.2) is 0 Å². The zero-order chi connectivity index (χ0) is 12.3. The highest BCUT2D eigenvalue weighted by Crippen LogP contribution is 2.31. The molecule has 5 heteroatoms. The lowest BCUT2D eigenvalue weighted by Gasteiger charge is -2.07. The molecule has 0 amide bonds. The Bertz CT molecular complexity index is 516. The molecule has 0 atom stereocenters. The van der Waals surface area contributed by atoms with Gasteiger partial charge in [0.1, 0.15) is 17.3 Å². The van der Waals surface area contributed by atoms with E-state index in [1.165, 1.54) is 12.1 Å². The number of halogens is 2. The number of rotatable bonds is 3. The van der Waals surface area contributed by atoms with Crippen LogP contribution < -0.4 is 9.47 Å². The standard InChI is InChI=1S/C12H9BrFNO2/c1-16-9-3-4-11(10(13)6-9)17-12-5-2-8(14)7-15-12/h2-7H,1H3. The van der Waals surface area contributed by atoms with Crippen molar-refractivity contribution in [2.24, 2.45) is 0 Å².